The minimum atomic E-state index is -1.19. The Kier molecular flexibility index (Phi) is 14.5. The molecule has 0 radical (unpaired) electrons. The molecule has 5 amide bonds. The van der Waals surface area contributed by atoms with Gasteiger partial charge in [-0.2, -0.15) is 0 Å². The molecule has 5 aromatic rings. The van der Waals surface area contributed by atoms with Gasteiger partial charge in [0.05, 0.1) is 28.5 Å². The van der Waals surface area contributed by atoms with E-state index in [1.165, 1.54) is 18.0 Å². The number of imidazole rings is 2. The van der Waals surface area contributed by atoms with Gasteiger partial charge in [0.2, 0.25) is 17.7 Å². The van der Waals surface area contributed by atoms with Crippen LogP contribution in [0.5, 0.6) is 0 Å². The number of amides is 5. The highest BCUT2D eigenvalue weighted by Crippen LogP contribution is 2.39. The quantitative estimate of drug-likeness (QED) is 0.0423. The second-order valence-electron chi connectivity index (χ2n) is 20.8. The fraction of sp³-hybridized carbons (Fsp3) is 0.549. The molecule has 4 aliphatic rings. The number of H-pyrrole nitrogens is 1. The molecule has 1 aliphatic carbocycles. The second-order valence-corrected chi connectivity index (χ2v) is 20.8. The highest BCUT2D eigenvalue weighted by Gasteiger charge is 2.48. The molecule has 5 unspecified atom stereocenters. The van der Waals surface area contributed by atoms with E-state index in [9.17, 15) is 34.2 Å². The highest BCUT2D eigenvalue weighted by molar-refractivity contribution is 6.25. The molecule has 3 aliphatic heterocycles. The van der Waals surface area contributed by atoms with Gasteiger partial charge < -0.3 is 35.9 Å². The molecule has 1 saturated carbocycles. The molecule has 2 aromatic carbocycles. The maximum absolute atomic E-state index is 13.3. The van der Waals surface area contributed by atoms with Crippen molar-refractivity contribution in [2.45, 2.75) is 147 Å². The Morgan fingerprint density at radius 3 is 2.52 bits per heavy atom. The summed E-state index contributed by atoms with van der Waals surface area (Å²) < 4.78 is 8.08. The number of benzene rings is 2. The van der Waals surface area contributed by atoms with Crippen molar-refractivity contribution in [3.05, 3.63) is 71.6 Å². The van der Waals surface area contributed by atoms with Crippen LogP contribution in [-0.2, 0) is 31.0 Å². The summed E-state index contributed by atoms with van der Waals surface area (Å²) in [5.74, 6) is -0.254. The fourth-order valence-corrected chi connectivity index (χ4v) is 10.4. The number of ether oxygens (including phenoxy) is 1. The van der Waals surface area contributed by atoms with Crippen molar-refractivity contribution in [1.82, 2.24) is 49.9 Å². The van der Waals surface area contributed by atoms with E-state index in [2.05, 4.69) is 98.9 Å². The molecule has 9 rings (SSSR count). The number of aryl methyl sites for hydroxylation is 1. The van der Waals surface area contributed by atoms with Gasteiger partial charge in [0, 0.05) is 63.2 Å². The first-order valence-corrected chi connectivity index (χ1v) is 25.1. The summed E-state index contributed by atoms with van der Waals surface area (Å²) in [5, 5.41) is 34.2. The third-order valence-electron chi connectivity index (χ3n) is 14.5. The summed E-state index contributed by atoms with van der Waals surface area (Å²) in [6.07, 6.45) is 5.51. The topological polar surface area (TPSA) is 262 Å². The van der Waals surface area contributed by atoms with E-state index < -0.39 is 54.2 Å². The van der Waals surface area contributed by atoms with Crippen molar-refractivity contribution < 1.29 is 38.9 Å². The lowest BCUT2D eigenvalue weighted by Gasteiger charge is -2.46. The van der Waals surface area contributed by atoms with E-state index in [1.54, 1.807) is 23.0 Å². The zero-order valence-corrected chi connectivity index (χ0v) is 41.1. The molecule has 0 spiro atoms. The number of carbonyl (C=O) groups is 5. The summed E-state index contributed by atoms with van der Waals surface area (Å²) in [4.78, 5) is 88.4. The predicted molar refractivity (Wildman–Crippen MR) is 264 cm³/mol. The number of aromatic amines is 1. The minimum absolute atomic E-state index is 0.0404. The third kappa shape index (κ3) is 10.5. The number of nitrogens with zero attached hydrogens (tertiary/aromatic N) is 7. The van der Waals surface area contributed by atoms with Gasteiger partial charge in [-0.15, -0.1) is 0 Å². The van der Waals surface area contributed by atoms with Gasteiger partial charge >= 0.3 is 0 Å². The van der Waals surface area contributed by atoms with E-state index in [-0.39, 0.29) is 47.8 Å². The Morgan fingerprint density at radius 2 is 1.75 bits per heavy atom. The van der Waals surface area contributed by atoms with Crippen LogP contribution < -0.4 is 21.3 Å². The largest absolute Gasteiger partial charge is 0.387 e. The first-order chi connectivity index (χ1) is 34.0. The molecule has 20 nitrogen and oxygen atoms in total. The SMILES string of the molecule is CC(C)N(CC1OC(n2cnc3c(NCCCCNC(=O)CCCNc4cccc5c4C(=O)N(C4CCC(=O)NC4=O)C5=O)ncnc32)C(O)C1O)C1CC(CCc2nc3cc(C(C)(C)C)ccc3[nH]2)C1. The molecule has 0 bridgehead atoms. The molecule has 71 heavy (non-hydrogen) atoms. The van der Waals surface area contributed by atoms with Gasteiger partial charge in [-0.25, -0.2) is 19.9 Å². The number of carbonyl (C=O) groups excluding carboxylic acids is 5. The lowest BCUT2D eigenvalue weighted by molar-refractivity contribution is -0.136. The van der Waals surface area contributed by atoms with E-state index in [0.717, 1.165) is 53.9 Å². The molecule has 3 fully saturated rings. The molecule has 5 atom stereocenters. The standard InChI is InChI=1S/C51H66N12O8/c1-28(2)61(31-22-29(23-31)13-17-38-58-33-15-14-30(51(3,4)5)24-35(33)59-38)25-37-43(66)44(67)50(71-37)62-27-57-42-45(55-26-56-46(42)62)54-20-7-6-19-53-39(64)12-9-21-52-34-11-8-10-32-41(34)49(70)63(48(32)69)36-16-18-40(65)60-47(36)68/h8,10-11,14-15,24,26-29,31,36-37,43-44,50,52,66-67H,6-7,9,12-13,16-23,25H2,1-5H3,(H,53,64)(H,58,59)(H,54,55,56)(H,60,65,68). The summed E-state index contributed by atoms with van der Waals surface area (Å²) >= 11 is 0. The molecule has 3 aromatic heterocycles. The summed E-state index contributed by atoms with van der Waals surface area (Å²) in [6, 6.07) is 10.9. The molecule has 2 saturated heterocycles. The average molecular weight is 975 g/mol. The lowest BCUT2D eigenvalue weighted by Crippen LogP contribution is -2.54. The third-order valence-corrected chi connectivity index (χ3v) is 14.5. The molecular weight excluding hydrogens is 909 g/mol. The van der Waals surface area contributed by atoms with Crippen molar-refractivity contribution in [3.63, 3.8) is 0 Å². The first-order valence-electron chi connectivity index (χ1n) is 25.1. The molecule has 20 heteroatoms. The van der Waals surface area contributed by atoms with Crippen molar-refractivity contribution in [2.24, 2.45) is 5.92 Å². The van der Waals surface area contributed by atoms with E-state index in [4.69, 9.17) is 9.72 Å². The molecule has 6 heterocycles. The monoisotopic (exact) mass is 975 g/mol. The van der Waals surface area contributed by atoms with Gasteiger partial charge in [0.25, 0.3) is 11.8 Å². The number of hydrogen-bond acceptors (Lipinski definition) is 15. The van der Waals surface area contributed by atoms with Gasteiger partial charge in [-0.3, -0.25) is 43.7 Å². The van der Waals surface area contributed by atoms with Gasteiger partial charge in [-0.05, 0) is 100.0 Å². The van der Waals surface area contributed by atoms with Crippen molar-refractivity contribution in [3.8, 4) is 0 Å². The van der Waals surface area contributed by atoms with Crippen LogP contribution in [0.3, 0.4) is 0 Å². The van der Waals surface area contributed by atoms with Crippen LogP contribution in [-0.4, -0.2) is 142 Å². The molecule has 7 N–H and O–H groups in total. The van der Waals surface area contributed by atoms with Gasteiger partial charge in [-0.1, -0.05) is 32.9 Å². The number of imide groups is 2. The zero-order chi connectivity index (χ0) is 50.1. The Morgan fingerprint density at radius 1 is 0.958 bits per heavy atom. The summed E-state index contributed by atoms with van der Waals surface area (Å²) in [6.45, 7) is 12.8. The smallest absolute Gasteiger partial charge is 0.264 e. The van der Waals surface area contributed by atoms with E-state index in [1.807, 2.05) is 0 Å². The first kappa shape index (κ1) is 49.6. The Labute approximate surface area is 412 Å². The van der Waals surface area contributed by atoms with Crippen LogP contribution >= 0.6 is 0 Å². The number of unbranched alkanes of at least 4 members (excludes halogenated alkanes) is 1. The second kappa shape index (κ2) is 20.8. The fourth-order valence-electron chi connectivity index (χ4n) is 10.4. The van der Waals surface area contributed by atoms with Crippen LogP contribution in [0, 0.1) is 5.92 Å². The predicted octanol–water partition coefficient (Wildman–Crippen LogP) is 4.34. The number of hydrogen-bond donors (Lipinski definition) is 7. The number of rotatable bonds is 20. The Bertz CT molecular complexity index is 2800. The number of anilines is 2. The Hall–Kier alpha value is -6.35. The number of aliphatic hydroxyl groups excluding tert-OH is 2. The number of fused-ring (bicyclic) bond motifs is 3. The number of aliphatic hydroxyl groups is 2. The van der Waals surface area contributed by atoms with Crippen LogP contribution in [0.4, 0.5) is 11.5 Å². The van der Waals surface area contributed by atoms with E-state index in [0.29, 0.717) is 73.6 Å². The van der Waals surface area contributed by atoms with Crippen molar-refractivity contribution in [1.29, 1.82) is 0 Å². The summed E-state index contributed by atoms with van der Waals surface area (Å²) in [5.41, 5.74) is 5.22. The maximum Gasteiger partial charge on any atom is 0.264 e. The van der Waals surface area contributed by atoms with Crippen LogP contribution in [0.25, 0.3) is 22.2 Å². The van der Waals surface area contributed by atoms with Crippen LogP contribution in [0.2, 0.25) is 0 Å². The van der Waals surface area contributed by atoms with E-state index >= 15 is 0 Å². The number of aromatic nitrogens is 6. The normalized spacial score (nSPS) is 23.5. The zero-order valence-electron chi connectivity index (χ0n) is 41.1. The van der Waals surface area contributed by atoms with Gasteiger partial charge in [0.15, 0.2) is 23.2 Å². The molecule has 378 valence electrons. The van der Waals surface area contributed by atoms with Crippen molar-refractivity contribution in [2.75, 3.05) is 36.8 Å². The van der Waals surface area contributed by atoms with Gasteiger partial charge in [0.1, 0.15) is 36.5 Å². The van der Waals surface area contributed by atoms with Crippen molar-refractivity contribution >= 4 is 63.2 Å². The highest BCUT2D eigenvalue weighted by atomic mass is 16.6. The number of piperidine rings is 1. The maximum atomic E-state index is 13.3. The van der Waals surface area contributed by atoms with Crippen LogP contribution in [0.15, 0.2) is 49.1 Å². The average Bonchev–Trinajstić information content (AvgIpc) is 4.07. The molecular formula is C51H66N12O8. The minimum Gasteiger partial charge on any atom is -0.387 e. The summed E-state index contributed by atoms with van der Waals surface area (Å²) in [7, 11) is 0. The van der Waals surface area contributed by atoms with Crippen LogP contribution in [0.1, 0.15) is 131 Å². The Balaban J connectivity index is 0.689. The number of nitrogens with one attached hydrogen (secondary N) is 5. The lowest BCUT2D eigenvalue weighted by atomic mass is 9.76.